The maximum Gasteiger partial charge on any atom is 0.242 e. The molecule has 1 unspecified atom stereocenters. The second-order valence-electron chi connectivity index (χ2n) is 6.20. The Morgan fingerprint density at radius 2 is 2.25 bits per heavy atom. The molecule has 1 aliphatic heterocycles. The molecule has 2 aromatic rings. The van der Waals surface area contributed by atoms with Crippen LogP contribution in [0.3, 0.4) is 0 Å². The molecule has 8 nitrogen and oxygen atoms in total. The van der Waals surface area contributed by atoms with Gasteiger partial charge < -0.3 is 9.47 Å². The van der Waals surface area contributed by atoms with Crippen LogP contribution in [0.1, 0.15) is 30.3 Å². The largest absolute Gasteiger partial charge is 0.340 e. The van der Waals surface area contributed by atoms with Crippen LogP contribution in [0.15, 0.2) is 23.5 Å². The zero-order chi connectivity index (χ0) is 17.3. The number of aromatic amines is 1. The van der Waals surface area contributed by atoms with E-state index in [9.17, 15) is 13.2 Å². The number of imidazole rings is 1. The number of amides is 1. The topological polar surface area (TPSA) is 101 Å². The third-order valence-corrected chi connectivity index (χ3v) is 5.57. The lowest BCUT2D eigenvalue weighted by molar-refractivity contribution is -0.133. The summed E-state index contributed by atoms with van der Waals surface area (Å²) in [6.45, 7) is 3.29. The normalized spacial score (nSPS) is 18.8. The number of piperidine rings is 1. The smallest absolute Gasteiger partial charge is 0.242 e. The average Bonchev–Trinajstić information content (AvgIpc) is 3.17. The summed E-state index contributed by atoms with van der Waals surface area (Å²) in [6.07, 6.45) is 7.64. The van der Waals surface area contributed by atoms with Gasteiger partial charge >= 0.3 is 0 Å². The lowest BCUT2D eigenvalue weighted by atomic mass is 9.95. The van der Waals surface area contributed by atoms with Gasteiger partial charge in [0.1, 0.15) is 17.3 Å². The second kappa shape index (κ2) is 6.39. The number of nitrogens with one attached hydrogen (secondary N) is 1. The lowest BCUT2D eigenvalue weighted by Crippen LogP contribution is -2.41. The Morgan fingerprint density at radius 1 is 1.46 bits per heavy atom. The SMILES string of the molecule is Cc1nccn1CC(=O)N1CCCC(c2[nH]ncc2S(C)(=O)=O)C1. The number of hydrogen-bond donors (Lipinski definition) is 1. The molecular formula is C15H21N5O3S. The van der Waals surface area contributed by atoms with Gasteiger partial charge in [-0.15, -0.1) is 0 Å². The zero-order valence-electron chi connectivity index (χ0n) is 13.8. The molecule has 0 aromatic carbocycles. The van der Waals surface area contributed by atoms with E-state index in [1.807, 2.05) is 11.5 Å². The number of likely N-dealkylation sites (tertiary alicyclic amines) is 1. The Balaban J connectivity index is 1.74. The number of nitrogens with zero attached hydrogens (tertiary/aromatic N) is 4. The Hall–Kier alpha value is -2.16. The molecule has 0 radical (unpaired) electrons. The lowest BCUT2D eigenvalue weighted by Gasteiger charge is -2.32. The summed E-state index contributed by atoms with van der Waals surface area (Å²) in [6, 6.07) is 0. The molecule has 1 N–H and O–H groups in total. The van der Waals surface area contributed by atoms with Crippen LogP contribution < -0.4 is 0 Å². The van der Waals surface area contributed by atoms with Crippen molar-refractivity contribution in [3.05, 3.63) is 30.1 Å². The van der Waals surface area contributed by atoms with Crippen molar-refractivity contribution in [2.75, 3.05) is 19.3 Å². The van der Waals surface area contributed by atoms with E-state index in [0.29, 0.717) is 18.8 Å². The fourth-order valence-corrected chi connectivity index (χ4v) is 3.98. The Bertz CT molecular complexity index is 839. The van der Waals surface area contributed by atoms with Gasteiger partial charge in [-0.2, -0.15) is 5.10 Å². The first-order chi connectivity index (χ1) is 11.4. The van der Waals surface area contributed by atoms with Gasteiger partial charge in [0, 0.05) is 37.7 Å². The van der Waals surface area contributed by atoms with Crippen molar-refractivity contribution in [1.29, 1.82) is 0 Å². The first kappa shape index (κ1) is 16.7. The van der Waals surface area contributed by atoms with Crippen molar-refractivity contribution in [3.63, 3.8) is 0 Å². The minimum absolute atomic E-state index is 0.0150. The molecule has 0 spiro atoms. The molecule has 24 heavy (non-hydrogen) atoms. The van der Waals surface area contributed by atoms with Crippen molar-refractivity contribution in [3.8, 4) is 0 Å². The Kier molecular flexibility index (Phi) is 4.44. The van der Waals surface area contributed by atoms with Crippen LogP contribution in [0.2, 0.25) is 0 Å². The molecule has 1 aliphatic rings. The van der Waals surface area contributed by atoms with Gasteiger partial charge in [-0.1, -0.05) is 0 Å². The highest BCUT2D eigenvalue weighted by Gasteiger charge is 2.29. The predicted molar refractivity (Wildman–Crippen MR) is 87.2 cm³/mol. The van der Waals surface area contributed by atoms with Crippen molar-refractivity contribution in [2.24, 2.45) is 0 Å². The van der Waals surface area contributed by atoms with Crippen LogP contribution in [-0.4, -0.2) is 58.3 Å². The molecule has 1 saturated heterocycles. The van der Waals surface area contributed by atoms with Gasteiger partial charge in [-0.05, 0) is 19.8 Å². The fourth-order valence-electron chi connectivity index (χ4n) is 3.13. The van der Waals surface area contributed by atoms with Crippen LogP contribution in [-0.2, 0) is 21.2 Å². The van der Waals surface area contributed by atoms with Crippen molar-refractivity contribution >= 4 is 15.7 Å². The highest BCUT2D eigenvalue weighted by atomic mass is 32.2. The van der Waals surface area contributed by atoms with Gasteiger partial charge in [0.2, 0.25) is 5.91 Å². The minimum atomic E-state index is -3.33. The van der Waals surface area contributed by atoms with Crippen LogP contribution in [0, 0.1) is 6.92 Å². The third kappa shape index (κ3) is 3.35. The van der Waals surface area contributed by atoms with Crippen LogP contribution in [0.25, 0.3) is 0 Å². The molecule has 1 atom stereocenters. The summed E-state index contributed by atoms with van der Waals surface area (Å²) in [4.78, 5) is 18.7. The number of sulfone groups is 1. The van der Waals surface area contributed by atoms with E-state index in [0.717, 1.165) is 18.7 Å². The van der Waals surface area contributed by atoms with Crippen LogP contribution in [0.4, 0.5) is 0 Å². The summed E-state index contributed by atoms with van der Waals surface area (Å²) in [5.74, 6) is 0.768. The van der Waals surface area contributed by atoms with E-state index in [1.165, 1.54) is 12.5 Å². The zero-order valence-corrected chi connectivity index (χ0v) is 14.6. The fraction of sp³-hybridized carbons (Fsp3) is 0.533. The van der Waals surface area contributed by atoms with E-state index in [2.05, 4.69) is 15.2 Å². The van der Waals surface area contributed by atoms with Crippen LogP contribution in [0.5, 0.6) is 0 Å². The van der Waals surface area contributed by atoms with E-state index in [4.69, 9.17) is 0 Å². The number of aromatic nitrogens is 4. The predicted octanol–water partition coefficient (Wildman–Crippen LogP) is 0.724. The van der Waals surface area contributed by atoms with Crippen molar-refractivity contribution < 1.29 is 13.2 Å². The monoisotopic (exact) mass is 351 g/mol. The average molecular weight is 351 g/mol. The van der Waals surface area contributed by atoms with E-state index in [1.54, 1.807) is 17.3 Å². The van der Waals surface area contributed by atoms with Gasteiger partial charge in [0.05, 0.1) is 11.9 Å². The Morgan fingerprint density at radius 3 is 2.92 bits per heavy atom. The molecule has 3 rings (SSSR count). The molecule has 0 bridgehead atoms. The number of carbonyl (C=O) groups is 1. The molecule has 1 fully saturated rings. The van der Waals surface area contributed by atoms with Gasteiger partial charge in [-0.3, -0.25) is 9.89 Å². The number of rotatable bonds is 4. The number of hydrogen-bond acceptors (Lipinski definition) is 5. The van der Waals surface area contributed by atoms with E-state index < -0.39 is 9.84 Å². The molecule has 130 valence electrons. The summed E-state index contributed by atoms with van der Waals surface area (Å²) in [5, 5.41) is 6.70. The maximum absolute atomic E-state index is 12.5. The van der Waals surface area contributed by atoms with E-state index >= 15 is 0 Å². The highest BCUT2D eigenvalue weighted by Crippen LogP contribution is 2.29. The first-order valence-corrected chi connectivity index (χ1v) is 9.74. The van der Waals surface area contributed by atoms with Gasteiger partial charge in [-0.25, -0.2) is 13.4 Å². The number of H-pyrrole nitrogens is 1. The summed E-state index contributed by atoms with van der Waals surface area (Å²) >= 11 is 0. The summed E-state index contributed by atoms with van der Waals surface area (Å²) < 4.78 is 25.6. The molecule has 3 heterocycles. The molecule has 2 aromatic heterocycles. The van der Waals surface area contributed by atoms with Crippen LogP contribution >= 0.6 is 0 Å². The van der Waals surface area contributed by atoms with Gasteiger partial charge in [0.15, 0.2) is 9.84 Å². The quantitative estimate of drug-likeness (QED) is 0.875. The molecular weight excluding hydrogens is 330 g/mol. The van der Waals surface area contributed by atoms with Crippen molar-refractivity contribution in [2.45, 2.75) is 37.1 Å². The summed E-state index contributed by atoms with van der Waals surface area (Å²) in [7, 11) is -3.33. The molecule has 9 heteroatoms. The number of aryl methyl sites for hydroxylation is 1. The molecule has 0 saturated carbocycles. The third-order valence-electron chi connectivity index (χ3n) is 4.44. The highest BCUT2D eigenvalue weighted by molar-refractivity contribution is 7.90. The van der Waals surface area contributed by atoms with Crippen molar-refractivity contribution in [1.82, 2.24) is 24.6 Å². The van der Waals surface area contributed by atoms with Gasteiger partial charge in [0.25, 0.3) is 0 Å². The maximum atomic E-state index is 12.5. The first-order valence-electron chi connectivity index (χ1n) is 7.85. The molecule has 0 aliphatic carbocycles. The standard InChI is InChI=1S/C15H21N5O3S/c1-11-16-5-7-19(11)10-14(21)20-6-3-4-12(9-20)15-13(8-17-18-15)24(2,22)23/h5,7-8,12H,3-4,6,9-10H2,1-2H3,(H,17,18). The number of carbonyl (C=O) groups excluding carboxylic acids is 1. The summed E-state index contributed by atoms with van der Waals surface area (Å²) in [5.41, 5.74) is 0.605. The Labute approximate surface area is 140 Å². The minimum Gasteiger partial charge on any atom is -0.340 e. The second-order valence-corrected chi connectivity index (χ2v) is 8.19. The molecule has 1 amide bonds. The van der Waals surface area contributed by atoms with E-state index in [-0.39, 0.29) is 23.3 Å².